The maximum Gasteiger partial charge on any atom is 0.303 e. The average Bonchev–Trinajstić information content (AvgIpc) is 1.38. The van der Waals surface area contributed by atoms with Gasteiger partial charge in [-0.1, -0.05) is 0 Å². The highest BCUT2D eigenvalue weighted by Gasteiger charge is 1.72. The minimum absolute atomic E-state index is 0. The molecular weight excluding hydrogens is 98.1 g/mol. The molecule has 0 aromatic carbocycles. The first kappa shape index (κ1) is 9.07. The molecule has 0 aromatic rings. The van der Waals surface area contributed by atoms with Gasteiger partial charge in [-0.2, -0.15) is 0 Å². The minimum Gasteiger partial charge on any atom is -0.373 e. The molecule has 0 aliphatic carbocycles. The van der Waals surface area contributed by atoms with E-state index in [2.05, 4.69) is 10.7 Å². The number of hydrogen-bond acceptors (Lipinski definition) is 2. The normalized spacial score (nSPS) is 6.00. The van der Waals surface area contributed by atoms with Crippen molar-refractivity contribution < 1.29 is 4.79 Å². The van der Waals surface area contributed by atoms with E-state index in [-0.39, 0.29) is 6.15 Å². The molecule has 0 radical (unpaired) electrons. The van der Waals surface area contributed by atoms with Crippen LogP contribution in [0.5, 0.6) is 0 Å². The van der Waals surface area contributed by atoms with Gasteiger partial charge < -0.3 is 16.9 Å². The molecule has 0 saturated carbocycles. The molecule has 0 aliphatic heterocycles. The van der Waals surface area contributed by atoms with Crippen LogP contribution in [-0.4, -0.2) is 16.4 Å². The predicted molar refractivity (Wildman–Crippen MR) is 27.7 cm³/mol. The molecule has 5 heteroatoms. The fraction of sp³-hybridized carbons (Fsp3) is 0. The molecule has 0 unspecified atom stereocenters. The summed E-state index contributed by atoms with van der Waals surface area (Å²) in [6.45, 7) is 0. The quantitative estimate of drug-likeness (QED) is 0.315. The summed E-state index contributed by atoms with van der Waals surface area (Å²) in [5, 5.41) is 0. The third-order valence-corrected chi connectivity index (χ3v) is 0.739. The molecule has 0 atom stereocenters. The molecule has 38 valence electrons. The van der Waals surface area contributed by atoms with E-state index in [1.165, 1.54) is 0 Å². The van der Waals surface area contributed by atoms with Crippen LogP contribution >= 0.6 is 0 Å². The van der Waals surface area contributed by atoms with Gasteiger partial charge in [-0.3, -0.25) is 4.79 Å². The van der Waals surface area contributed by atoms with Crippen LogP contribution in [-0.2, 0) is 0 Å². The molecule has 6 heavy (non-hydrogen) atoms. The number of primary amides is 1. The average molecular weight is 107 g/mol. The van der Waals surface area contributed by atoms with Crippen LogP contribution in [0, 0.1) is 0 Å². The van der Waals surface area contributed by atoms with E-state index >= 15 is 0 Å². The zero-order chi connectivity index (χ0) is 4.28. The lowest BCUT2D eigenvalue weighted by molar-refractivity contribution is 0.254. The fourth-order valence-corrected chi connectivity index (χ4v) is 0. The fourth-order valence-electron chi connectivity index (χ4n) is 0. The molecule has 0 heterocycles. The Morgan fingerprint density at radius 1 is 1.83 bits per heavy atom. The Morgan fingerprint density at radius 2 is 2.00 bits per heavy atom. The van der Waals surface area contributed by atoms with Gasteiger partial charge >= 0.3 is 6.03 Å². The smallest absolute Gasteiger partial charge is 0.303 e. The third-order valence-electron chi connectivity index (χ3n) is 0.246. The molecule has 4 nitrogen and oxygen atoms in total. The highest BCUT2D eigenvalue weighted by atomic mass is 28.2. The molecule has 0 fully saturated rings. The molecule has 0 spiro atoms. The first-order valence-corrected chi connectivity index (χ1v) is 2.24. The monoisotopic (exact) mass is 107 g/mol. The Bertz CT molecular complexity index is 46.1. The van der Waals surface area contributed by atoms with E-state index in [4.69, 9.17) is 0 Å². The Labute approximate surface area is 39.2 Å². The standard InChI is InChI=1S/CH6N2OSi.H3N/c2-1(4)3-5;/h5H3,(H3,2,3,4);1H3. The van der Waals surface area contributed by atoms with Gasteiger partial charge in [0.25, 0.3) is 0 Å². The molecule has 6 N–H and O–H groups in total. The molecule has 0 saturated heterocycles. The summed E-state index contributed by atoms with van der Waals surface area (Å²) >= 11 is 0. The highest BCUT2D eigenvalue weighted by Crippen LogP contribution is 1.37. The number of carbonyl (C=O) groups excluding carboxylic acids is 1. The molecular formula is CH9N3OSi. The van der Waals surface area contributed by atoms with Crippen molar-refractivity contribution in [2.45, 2.75) is 0 Å². The van der Waals surface area contributed by atoms with Crippen molar-refractivity contribution in [3.8, 4) is 0 Å². The number of nitrogens with one attached hydrogen (secondary N) is 1. The predicted octanol–water partition coefficient (Wildman–Crippen LogP) is -1.90. The second-order valence-electron chi connectivity index (χ2n) is 0.614. The Balaban J connectivity index is 0. The lowest BCUT2D eigenvalue weighted by Crippen LogP contribution is -2.26. The van der Waals surface area contributed by atoms with Gasteiger partial charge in [0, 0.05) is 0 Å². The SMILES string of the molecule is N.NC(=O)N[SiH3]. The van der Waals surface area contributed by atoms with E-state index in [1.807, 2.05) is 0 Å². The summed E-state index contributed by atoms with van der Waals surface area (Å²) in [5.74, 6) is 0. The van der Waals surface area contributed by atoms with Gasteiger partial charge in [0.2, 0.25) is 0 Å². The summed E-state index contributed by atoms with van der Waals surface area (Å²) in [6, 6.07) is -0.434. The second-order valence-corrected chi connectivity index (χ2v) is 1.11. The van der Waals surface area contributed by atoms with Crippen LogP contribution in [0.25, 0.3) is 0 Å². The summed E-state index contributed by atoms with van der Waals surface area (Å²) in [6.07, 6.45) is 0. The van der Waals surface area contributed by atoms with E-state index in [0.29, 0.717) is 10.4 Å². The topological polar surface area (TPSA) is 90.1 Å². The van der Waals surface area contributed by atoms with Crippen molar-refractivity contribution in [3.63, 3.8) is 0 Å². The summed E-state index contributed by atoms with van der Waals surface area (Å²) < 4.78 is 0. The Kier molecular flexibility index (Phi) is 6.72. The van der Waals surface area contributed by atoms with Crippen molar-refractivity contribution >= 4 is 16.4 Å². The van der Waals surface area contributed by atoms with Gasteiger partial charge in [-0.05, 0) is 0 Å². The van der Waals surface area contributed by atoms with Crippen LogP contribution in [0.2, 0.25) is 0 Å². The van der Waals surface area contributed by atoms with E-state index in [9.17, 15) is 4.79 Å². The van der Waals surface area contributed by atoms with Crippen LogP contribution in [0.4, 0.5) is 4.79 Å². The maximum atomic E-state index is 9.51. The summed E-state index contributed by atoms with van der Waals surface area (Å²) in [4.78, 5) is 11.8. The number of rotatable bonds is 0. The second kappa shape index (κ2) is 4.45. The van der Waals surface area contributed by atoms with Crippen molar-refractivity contribution in [2.24, 2.45) is 5.73 Å². The molecule has 0 aromatic heterocycles. The zero-order valence-electron chi connectivity index (χ0n) is 3.69. The number of carbonyl (C=O) groups is 1. The number of urea groups is 1. The molecule has 0 rings (SSSR count). The third kappa shape index (κ3) is 9.86. The first-order valence-electron chi connectivity index (χ1n) is 1.24. The van der Waals surface area contributed by atoms with Gasteiger partial charge in [-0.25, -0.2) is 0 Å². The van der Waals surface area contributed by atoms with Crippen LogP contribution in [0.3, 0.4) is 0 Å². The first-order chi connectivity index (χ1) is 2.27. The van der Waals surface area contributed by atoms with Gasteiger partial charge in [0.15, 0.2) is 0 Å². The van der Waals surface area contributed by atoms with Crippen molar-refractivity contribution in [2.75, 3.05) is 0 Å². The van der Waals surface area contributed by atoms with Crippen LogP contribution < -0.4 is 16.9 Å². The Hall–Kier alpha value is -0.553. The Morgan fingerprint density at radius 3 is 2.00 bits per heavy atom. The van der Waals surface area contributed by atoms with E-state index in [1.54, 1.807) is 0 Å². The van der Waals surface area contributed by atoms with E-state index in [0.717, 1.165) is 0 Å². The maximum absolute atomic E-state index is 9.51. The number of nitrogens with two attached hydrogens (primary N) is 1. The highest BCUT2D eigenvalue weighted by molar-refractivity contribution is 6.13. The lowest BCUT2D eigenvalue weighted by Gasteiger charge is -1.80. The van der Waals surface area contributed by atoms with Crippen molar-refractivity contribution in [3.05, 3.63) is 0 Å². The van der Waals surface area contributed by atoms with Gasteiger partial charge in [0.05, 0.1) is 0 Å². The van der Waals surface area contributed by atoms with Crippen molar-refractivity contribution in [1.82, 2.24) is 11.1 Å². The zero-order valence-corrected chi connectivity index (χ0v) is 5.69. The van der Waals surface area contributed by atoms with Crippen molar-refractivity contribution in [1.29, 1.82) is 0 Å². The number of amides is 2. The lowest BCUT2D eigenvalue weighted by atomic mass is 11.2. The largest absolute Gasteiger partial charge is 0.373 e. The van der Waals surface area contributed by atoms with Gasteiger partial charge in [0.1, 0.15) is 10.4 Å². The summed E-state index contributed by atoms with van der Waals surface area (Å²) in [7, 11) is 0.649. The van der Waals surface area contributed by atoms with E-state index < -0.39 is 6.03 Å². The van der Waals surface area contributed by atoms with Crippen LogP contribution in [0.1, 0.15) is 0 Å². The molecule has 0 bridgehead atoms. The summed E-state index contributed by atoms with van der Waals surface area (Å²) in [5.41, 5.74) is 4.58. The van der Waals surface area contributed by atoms with Gasteiger partial charge in [-0.15, -0.1) is 0 Å². The van der Waals surface area contributed by atoms with Crippen LogP contribution in [0.15, 0.2) is 0 Å². The minimum atomic E-state index is -0.434. The molecule has 2 amide bonds. The molecule has 0 aliphatic rings. The number of hydrogen-bond donors (Lipinski definition) is 3.